The fraction of sp³-hybridized carbons (Fsp3) is 0.269. The van der Waals surface area contributed by atoms with Crippen LogP contribution in [0.1, 0.15) is 30.5 Å². The number of fused-ring (bicyclic) bond motifs is 1. The Labute approximate surface area is 213 Å². The van der Waals surface area contributed by atoms with E-state index in [0.717, 1.165) is 31.5 Å². The number of anilines is 1. The molecule has 2 aromatic rings. The van der Waals surface area contributed by atoms with Crippen LogP contribution in [-0.4, -0.2) is 36.6 Å². The van der Waals surface area contributed by atoms with Gasteiger partial charge in [-0.15, -0.1) is 0 Å². The van der Waals surface area contributed by atoms with E-state index in [1.807, 2.05) is 25.1 Å². The number of nitrogens with zero attached hydrogens (tertiary/aromatic N) is 1. The molecule has 0 bridgehead atoms. The number of thiocarbonyl (C=S) groups is 1. The highest BCUT2D eigenvalue weighted by Gasteiger charge is 2.43. The van der Waals surface area contributed by atoms with Crippen LogP contribution in [0.25, 0.3) is 5.57 Å². The van der Waals surface area contributed by atoms with E-state index >= 15 is 0 Å². The van der Waals surface area contributed by atoms with Gasteiger partial charge in [-0.05, 0) is 38.5 Å². The maximum atomic E-state index is 12.5. The summed E-state index contributed by atoms with van der Waals surface area (Å²) in [5, 5.41) is 0. The van der Waals surface area contributed by atoms with Gasteiger partial charge >= 0.3 is 11.9 Å². The fourth-order valence-corrected chi connectivity index (χ4v) is 7.10. The lowest BCUT2D eigenvalue weighted by molar-refractivity contribution is -0.138. The van der Waals surface area contributed by atoms with Crippen LogP contribution in [0.5, 0.6) is 0 Å². The highest BCUT2D eigenvalue weighted by Crippen LogP contribution is 2.56. The van der Waals surface area contributed by atoms with E-state index in [1.54, 1.807) is 0 Å². The quantitative estimate of drug-likeness (QED) is 0.287. The lowest BCUT2D eigenvalue weighted by Crippen LogP contribution is -2.52. The molecule has 2 aliphatic rings. The molecule has 8 heteroatoms. The van der Waals surface area contributed by atoms with Crippen LogP contribution in [0.15, 0.2) is 62.6 Å². The first kappa shape index (κ1) is 24.6. The number of hydrogen-bond donors (Lipinski definition) is 0. The molecule has 0 aromatic heterocycles. The Kier molecular flexibility index (Phi) is 6.94. The van der Waals surface area contributed by atoms with Gasteiger partial charge < -0.3 is 14.4 Å². The molecule has 0 saturated heterocycles. The van der Waals surface area contributed by atoms with Gasteiger partial charge in [-0.25, -0.2) is 9.59 Å². The highest BCUT2D eigenvalue weighted by molar-refractivity contribution is 8.29. The molecule has 4 rings (SSSR count). The summed E-state index contributed by atoms with van der Waals surface area (Å²) >= 11 is 8.54. The molecule has 0 atom stereocenters. The first-order chi connectivity index (χ1) is 16.2. The highest BCUT2D eigenvalue weighted by atomic mass is 32.2. The average molecular weight is 512 g/mol. The van der Waals surface area contributed by atoms with E-state index < -0.39 is 17.5 Å². The normalized spacial score (nSPS) is 17.1. The first-order valence-electron chi connectivity index (χ1n) is 10.7. The summed E-state index contributed by atoms with van der Waals surface area (Å²) in [4.78, 5) is 28.4. The van der Waals surface area contributed by atoms with Crippen molar-refractivity contribution in [1.82, 2.24) is 0 Å². The van der Waals surface area contributed by atoms with E-state index in [4.69, 9.17) is 21.7 Å². The van der Waals surface area contributed by atoms with Crippen LogP contribution in [-0.2, 0) is 25.6 Å². The van der Waals surface area contributed by atoms with Gasteiger partial charge in [0.1, 0.15) is 9.81 Å². The van der Waals surface area contributed by atoms with Crippen LogP contribution in [0.4, 0.5) is 5.69 Å². The van der Waals surface area contributed by atoms with Crippen molar-refractivity contribution in [2.24, 2.45) is 0 Å². The zero-order valence-electron chi connectivity index (χ0n) is 19.6. The molecule has 0 fully saturated rings. The second-order valence-corrected chi connectivity index (χ2v) is 11.2. The number of esters is 2. The second-order valence-electron chi connectivity index (χ2n) is 8.49. The van der Waals surface area contributed by atoms with Gasteiger partial charge in [-0.1, -0.05) is 77.7 Å². The van der Waals surface area contributed by atoms with Crippen molar-refractivity contribution in [2.45, 2.75) is 32.9 Å². The molecule has 2 aromatic carbocycles. The van der Waals surface area contributed by atoms with Crippen LogP contribution in [0, 0.1) is 6.92 Å². The summed E-state index contributed by atoms with van der Waals surface area (Å²) in [6.45, 7) is 6.97. The summed E-state index contributed by atoms with van der Waals surface area (Å²) in [7, 11) is 2.60. The summed E-state index contributed by atoms with van der Waals surface area (Å²) < 4.78 is 10.6. The van der Waals surface area contributed by atoms with E-state index in [-0.39, 0.29) is 9.81 Å². The van der Waals surface area contributed by atoms with Gasteiger partial charge in [0, 0.05) is 28.2 Å². The lowest BCUT2D eigenvalue weighted by Gasteiger charge is -2.47. The molecule has 5 nitrogen and oxygen atoms in total. The Morgan fingerprint density at radius 2 is 1.56 bits per heavy atom. The van der Waals surface area contributed by atoms with Crippen molar-refractivity contribution in [3.63, 3.8) is 0 Å². The minimum absolute atomic E-state index is 0.225. The number of methoxy groups -OCH3 is 2. The van der Waals surface area contributed by atoms with E-state index in [2.05, 4.69) is 49.1 Å². The minimum Gasteiger partial charge on any atom is -0.465 e. The number of thioether (sulfide) groups is 2. The number of aryl methyl sites for hydroxylation is 1. The number of hydrogen-bond acceptors (Lipinski definition) is 8. The Balaban J connectivity index is 1.88. The number of ether oxygens (including phenoxy) is 2. The fourth-order valence-electron chi connectivity index (χ4n) is 4.04. The molecule has 0 N–H and O–H groups in total. The van der Waals surface area contributed by atoms with Crippen LogP contribution < -0.4 is 4.90 Å². The molecule has 2 heterocycles. The predicted molar refractivity (Wildman–Crippen MR) is 144 cm³/mol. The summed E-state index contributed by atoms with van der Waals surface area (Å²) in [5.41, 5.74) is 4.72. The van der Waals surface area contributed by atoms with E-state index in [9.17, 15) is 9.59 Å². The SMILES string of the molecule is COC(=O)C1=C(C(=O)OC)SC(=C2C(=S)C(C)(C)N(Cc3ccccc3)c3ccc(C)cc32)S1. The van der Waals surface area contributed by atoms with Crippen molar-refractivity contribution in [3.05, 3.63) is 79.3 Å². The van der Waals surface area contributed by atoms with Gasteiger partial charge in [0.05, 0.1) is 24.0 Å². The smallest absolute Gasteiger partial charge is 0.346 e. The van der Waals surface area contributed by atoms with Crippen LogP contribution in [0.3, 0.4) is 0 Å². The number of rotatable bonds is 4. The van der Waals surface area contributed by atoms with Crippen molar-refractivity contribution in [1.29, 1.82) is 0 Å². The first-order valence-corrected chi connectivity index (χ1v) is 12.7. The Morgan fingerprint density at radius 3 is 2.12 bits per heavy atom. The van der Waals surface area contributed by atoms with Crippen molar-refractivity contribution in [2.75, 3.05) is 19.1 Å². The van der Waals surface area contributed by atoms with Crippen molar-refractivity contribution < 1.29 is 19.1 Å². The Hall–Kier alpha value is -2.55. The zero-order chi connectivity index (χ0) is 24.6. The zero-order valence-corrected chi connectivity index (χ0v) is 22.1. The Bertz CT molecular complexity index is 1220. The maximum absolute atomic E-state index is 12.5. The third-order valence-electron chi connectivity index (χ3n) is 5.89. The lowest BCUT2D eigenvalue weighted by atomic mass is 9.82. The molecule has 0 amide bonds. The summed E-state index contributed by atoms with van der Waals surface area (Å²) in [6.07, 6.45) is 0. The van der Waals surface area contributed by atoms with Gasteiger partial charge in [-0.3, -0.25) is 0 Å². The molecule has 0 aliphatic carbocycles. The van der Waals surface area contributed by atoms with Gasteiger partial charge in [0.2, 0.25) is 0 Å². The number of carbonyl (C=O) groups excluding carboxylic acids is 2. The minimum atomic E-state index is -0.565. The average Bonchev–Trinajstić information content (AvgIpc) is 3.27. The summed E-state index contributed by atoms with van der Waals surface area (Å²) in [6, 6.07) is 16.6. The third kappa shape index (κ3) is 4.30. The predicted octanol–water partition coefficient (Wildman–Crippen LogP) is 5.87. The molecular formula is C26H25NO4S3. The second kappa shape index (κ2) is 9.60. The van der Waals surface area contributed by atoms with Crippen molar-refractivity contribution in [3.8, 4) is 0 Å². The maximum Gasteiger partial charge on any atom is 0.346 e. The molecular weight excluding hydrogens is 486 g/mol. The molecule has 0 unspecified atom stereocenters. The number of benzene rings is 2. The van der Waals surface area contributed by atoms with Crippen LogP contribution >= 0.6 is 35.7 Å². The van der Waals surface area contributed by atoms with Gasteiger partial charge in [-0.2, -0.15) is 0 Å². The number of carbonyl (C=O) groups is 2. The largest absolute Gasteiger partial charge is 0.465 e. The topological polar surface area (TPSA) is 55.8 Å². The van der Waals surface area contributed by atoms with Gasteiger partial charge in [0.25, 0.3) is 0 Å². The van der Waals surface area contributed by atoms with E-state index in [1.165, 1.54) is 43.3 Å². The van der Waals surface area contributed by atoms with Gasteiger partial charge in [0.15, 0.2) is 0 Å². The summed E-state index contributed by atoms with van der Waals surface area (Å²) in [5.74, 6) is -1.13. The Morgan fingerprint density at radius 1 is 0.971 bits per heavy atom. The molecule has 34 heavy (non-hydrogen) atoms. The van der Waals surface area contributed by atoms with Crippen LogP contribution in [0.2, 0.25) is 0 Å². The van der Waals surface area contributed by atoms with E-state index in [0.29, 0.717) is 6.54 Å². The molecule has 0 spiro atoms. The van der Waals surface area contributed by atoms with Crippen molar-refractivity contribution >= 4 is 63.8 Å². The molecule has 176 valence electrons. The molecule has 0 radical (unpaired) electrons. The standard InChI is InChI=1S/C26H25NO4S3/c1-15-11-12-18-17(13-15)19(25-33-20(23(28)30-4)21(34-25)24(29)31-5)22(32)26(2,3)27(18)14-16-9-7-6-8-10-16/h6-13H,14H2,1-5H3. The molecule has 2 aliphatic heterocycles. The molecule has 0 saturated carbocycles. The third-order valence-corrected chi connectivity index (χ3v) is 9.16. The monoisotopic (exact) mass is 511 g/mol.